The van der Waals surface area contributed by atoms with E-state index in [9.17, 15) is 19.2 Å². The first-order chi connectivity index (χ1) is 16.4. The van der Waals surface area contributed by atoms with E-state index in [1.807, 2.05) is 71.9 Å². The Morgan fingerprint density at radius 1 is 0.686 bits per heavy atom. The summed E-state index contributed by atoms with van der Waals surface area (Å²) in [5.41, 5.74) is 0.836. The van der Waals surface area contributed by atoms with E-state index >= 15 is 0 Å². The quantitative estimate of drug-likeness (QED) is 0.366. The molecule has 1 aromatic carbocycles. The third kappa shape index (κ3) is 12.4. The minimum Gasteiger partial charge on any atom is -0.445 e. The third-order valence-electron chi connectivity index (χ3n) is 5.38. The second-order valence-corrected chi connectivity index (χ2v) is 10.4. The number of rotatable bonds is 14. The van der Waals surface area contributed by atoms with Crippen LogP contribution in [0.3, 0.4) is 0 Å². The van der Waals surface area contributed by atoms with E-state index in [-0.39, 0.29) is 30.1 Å². The zero-order valence-corrected chi connectivity index (χ0v) is 22.2. The van der Waals surface area contributed by atoms with Crippen LogP contribution in [0.4, 0.5) is 4.79 Å². The average molecular weight is 490 g/mol. The molecule has 0 bridgehead atoms. The number of carbonyl (C=O) groups excluding carboxylic acids is 4. The van der Waals surface area contributed by atoms with Crippen molar-refractivity contribution in [3.8, 4) is 0 Å². The normalized spacial score (nSPS) is 13.8. The monoisotopic (exact) mass is 489 g/mol. The Hall–Kier alpha value is -2.90. The van der Waals surface area contributed by atoms with Crippen molar-refractivity contribution in [3.63, 3.8) is 0 Å². The number of alkyl carbamates (subject to hydrolysis) is 1. The Bertz CT molecular complexity index is 823. The van der Waals surface area contributed by atoms with E-state index in [0.29, 0.717) is 19.3 Å². The van der Waals surface area contributed by atoms with Crippen LogP contribution >= 0.6 is 0 Å². The van der Waals surface area contributed by atoms with Crippen LogP contribution in [0.25, 0.3) is 0 Å². The largest absolute Gasteiger partial charge is 0.445 e. The lowest BCUT2D eigenvalue weighted by Crippen LogP contribution is -2.56. The maximum Gasteiger partial charge on any atom is 0.408 e. The lowest BCUT2D eigenvalue weighted by molar-refractivity contribution is -0.132. The molecular weight excluding hydrogens is 446 g/mol. The van der Waals surface area contributed by atoms with Crippen molar-refractivity contribution < 1.29 is 23.9 Å². The van der Waals surface area contributed by atoms with Crippen molar-refractivity contribution in [2.75, 3.05) is 0 Å². The van der Waals surface area contributed by atoms with E-state index in [2.05, 4.69) is 16.0 Å². The number of ether oxygens (including phenoxy) is 1. The molecule has 0 saturated carbocycles. The van der Waals surface area contributed by atoms with Crippen LogP contribution < -0.4 is 16.0 Å². The highest BCUT2D eigenvalue weighted by Crippen LogP contribution is 2.11. The Labute approximate surface area is 210 Å². The van der Waals surface area contributed by atoms with Crippen molar-refractivity contribution in [2.24, 2.45) is 17.8 Å². The molecule has 35 heavy (non-hydrogen) atoms. The van der Waals surface area contributed by atoms with Gasteiger partial charge in [0.2, 0.25) is 11.8 Å². The summed E-state index contributed by atoms with van der Waals surface area (Å²) in [6, 6.07) is 6.97. The maximum absolute atomic E-state index is 13.2. The Morgan fingerprint density at radius 2 is 1.11 bits per heavy atom. The zero-order chi connectivity index (χ0) is 26.5. The van der Waals surface area contributed by atoms with E-state index < -0.39 is 36.0 Å². The minimum atomic E-state index is -0.861. The standard InChI is InChI=1S/C27H43N3O5/c1-17(2)13-22(20(7)31)28-25(32)23(14-18(3)4)29-26(33)24(15-19(5)6)30-27(34)35-16-21-11-9-8-10-12-21/h8-12,17-19,22-24H,13-16H2,1-7H3,(H,28,32)(H,29,33)(H,30,34)/t22-,23?,24-/m0/s1. The van der Waals surface area contributed by atoms with Crippen molar-refractivity contribution in [2.45, 2.75) is 92.5 Å². The van der Waals surface area contributed by atoms with E-state index in [0.717, 1.165) is 5.56 Å². The topological polar surface area (TPSA) is 114 Å². The first-order valence-corrected chi connectivity index (χ1v) is 12.5. The molecule has 0 radical (unpaired) electrons. The fraction of sp³-hybridized carbons (Fsp3) is 0.630. The molecule has 1 rings (SSSR count). The van der Waals surface area contributed by atoms with Gasteiger partial charge in [-0.05, 0) is 49.5 Å². The first kappa shape index (κ1) is 30.1. The molecule has 3 atom stereocenters. The van der Waals surface area contributed by atoms with Gasteiger partial charge in [0.25, 0.3) is 0 Å². The highest BCUT2D eigenvalue weighted by Gasteiger charge is 2.30. The predicted molar refractivity (Wildman–Crippen MR) is 136 cm³/mol. The molecule has 0 heterocycles. The first-order valence-electron chi connectivity index (χ1n) is 12.5. The van der Waals surface area contributed by atoms with Gasteiger partial charge in [-0.15, -0.1) is 0 Å². The van der Waals surface area contributed by atoms with Crippen LogP contribution in [0.15, 0.2) is 30.3 Å². The highest BCUT2D eigenvalue weighted by molar-refractivity contribution is 5.93. The Balaban J connectivity index is 2.88. The molecule has 3 N–H and O–H groups in total. The van der Waals surface area contributed by atoms with Gasteiger partial charge in [-0.3, -0.25) is 14.4 Å². The predicted octanol–water partition coefficient (Wildman–Crippen LogP) is 3.98. The number of hydrogen-bond acceptors (Lipinski definition) is 5. The number of ketones is 1. The number of hydrogen-bond donors (Lipinski definition) is 3. The summed E-state index contributed by atoms with van der Waals surface area (Å²) in [6.07, 6.45) is 0.601. The molecule has 0 fully saturated rings. The number of nitrogens with one attached hydrogen (secondary N) is 3. The fourth-order valence-electron chi connectivity index (χ4n) is 3.66. The number of Topliss-reactive ketones (excluding diaryl/α,β-unsaturated/α-hetero) is 1. The third-order valence-corrected chi connectivity index (χ3v) is 5.38. The molecule has 0 aliphatic rings. The Morgan fingerprint density at radius 3 is 1.57 bits per heavy atom. The summed E-state index contributed by atoms with van der Waals surface area (Å²) in [6.45, 7) is 13.3. The second kappa shape index (κ2) is 15.2. The van der Waals surface area contributed by atoms with Crippen LogP contribution in [0, 0.1) is 17.8 Å². The summed E-state index contributed by atoms with van der Waals surface area (Å²) < 4.78 is 5.28. The van der Waals surface area contributed by atoms with Gasteiger partial charge in [0.05, 0.1) is 6.04 Å². The molecule has 8 heteroatoms. The molecular formula is C27H43N3O5. The van der Waals surface area contributed by atoms with Gasteiger partial charge in [-0.25, -0.2) is 4.79 Å². The molecule has 3 amide bonds. The van der Waals surface area contributed by atoms with Gasteiger partial charge in [0.1, 0.15) is 18.7 Å². The van der Waals surface area contributed by atoms with Crippen molar-refractivity contribution in [1.29, 1.82) is 0 Å². The number of carbonyl (C=O) groups is 4. The Kier molecular flexibility index (Phi) is 13.1. The zero-order valence-electron chi connectivity index (χ0n) is 22.2. The maximum atomic E-state index is 13.2. The summed E-state index contributed by atoms with van der Waals surface area (Å²) in [5, 5.41) is 8.24. The summed E-state index contributed by atoms with van der Waals surface area (Å²) in [5.74, 6) is -0.516. The fourth-order valence-corrected chi connectivity index (χ4v) is 3.66. The van der Waals surface area contributed by atoms with E-state index in [1.54, 1.807) is 0 Å². The van der Waals surface area contributed by atoms with Crippen molar-refractivity contribution in [3.05, 3.63) is 35.9 Å². The average Bonchev–Trinajstić information content (AvgIpc) is 2.76. The van der Waals surface area contributed by atoms with Gasteiger partial charge >= 0.3 is 6.09 Å². The van der Waals surface area contributed by atoms with Crippen LogP contribution in [-0.4, -0.2) is 41.8 Å². The summed E-state index contributed by atoms with van der Waals surface area (Å²) in [7, 11) is 0. The molecule has 0 spiro atoms. The van der Waals surface area contributed by atoms with Gasteiger partial charge < -0.3 is 20.7 Å². The molecule has 1 aromatic rings. The molecule has 0 aliphatic heterocycles. The SMILES string of the molecule is CC(=O)[C@H](CC(C)C)NC(=O)C(CC(C)C)NC(=O)[C@H](CC(C)C)NC(=O)OCc1ccccc1. The van der Waals surface area contributed by atoms with Gasteiger partial charge in [-0.1, -0.05) is 71.9 Å². The summed E-state index contributed by atoms with van der Waals surface area (Å²) >= 11 is 0. The molecule has 0 aromatic heterocycles. The molecule has 196 valence electrons. The van der Waals surface area contributed by atoms with Crippen LogP contribution in [0.2, 0.25) is 0 Å². The lowest BCUT2D eigenvalue weighted by Gasteiger charge is -2.26. The van der Waals surface area contributed by atoms with Crippen LogP contribution in [0.5, 0.6) is 0 Å². The van der Waals surface area contributed by atoms with Gasteiger partial charge in [0.15, 0.2) is 5.78 Å². The van der Waals surface area contributed by atoms with Gasteiger partial charge in [0, 0.05) is 0 Å². The number of benzene rings is 1. The molecule has 0 saturated heterocycles. The highest BCUT2D eigenvalue weighted by atomic mass is 16.5. The van der Waals surface area contributed by atoms with E-state index in [1.165, 1.54) is 6.92 Å². The van der Waals surface area contributed by atoms with Crippen LogP contribution in [-0.2, 0) is 25.7 Å². The van der Waals surface area contributed by atoms with Crippen LogP contribution in [0.1, 0.15) is 73.3 Å². The number of amides is 3. The minimum absolute atomic E-state index is 0.0867. The molecule has 0 aliphatic carbocycles. The van der Waals surface area contributed by atoms with Gasteiger partial charge in [-0.2, -0.15) is 0 Å². The smallest absolute Gasteiger partial charge is 0.408 e. The molecule has 1 unspecified atom stereocenters. The van der Waals surface area contributed by atoms with Crippen molar-refractivity contribution in [1.82, 2.24) is 16.0 Å². The second-order valence-electron chi connectivity index (χ2n) is 10.4. The molecule has 8 nitrogen and oxygen atoms in total. The van der Waals surface area contributed by atoms with E-state index in [4.69, 9.17) is 4.74 Å². The summed E-state index contributed by atoms with van der Waals surface area (Å²) in [4.78, 5) is 50.6. The lowest BCUT2D eigenvalue weighted by atomic mass is 9.98. The van der Waals surface area contributed by atoms with Crippen molar-refractivity contribution >= 4 is 23.7 Å².